The van der Waals surface area contributed by atoms with Gasteiger partial charge in [-0.1, -0.05) is 48.6 Å². The van der Waals surface area contributed by atoms with Crippen molar-refractivity contribution in [1.29, 1.82) is 15.8 Å². The summed E-state index contributed by atoms with van der Waals surface area (Å²) in [4.78, 5) is 4.90. The summed E-state index contributed by atoms with van der Waals surface area (Å²) < 4.78 is 2.46. The Hall–Kier alpha value is -5.25. The molecule has 6 heteroatoms. The van der Waals surface area contributed by atoms with Gasteiger partial charge < -0.3 is 14.4 Å². The van der Waals surface area contributed by atoms with E-state index in [9.17, 15) is 15.8 Å². The number of likely N-dealkylation sites (N-methyl/N-ethyl adjacent to an activating group) is 1. The van der Waals surface area contributed by atoms with Gasteiger partial charge >= 0.3 is 0 Å². The van der Waals surface area contributed by atoms with E-state index >= 15 is 0 Å². The average molecular weight is 601 g/mol. The van der Waals surface area contributed by atoms with E-state index in [1.807, 2.05) is 18.2 Å². The van der Waals surface area contributed by atoms with Crippen LogP contribution in [0.15, 0.2) is 90.0 Å². The van der Waals surface area contributed by atoms with Crippen molar-refractivity contribution in [1.82, 2.24) is 14.4 Å². The van der Waals surface area contributed by atoms with Crippen molar-refractivity contribution in [2.75, 3.05) is 7.05 Å². The fourth-order valence-corrected chi connectivity index (χ4v) is 8.79. The second-order valence-corrected chi connectivity index (χ2v) is 13.4. The van der Waals surface area contributed by atoms with E-state index in [0.29, 0.717) is 11.5 Å². The molecule has 0 bridgehead atoms. The maximum Gasteiger partial charge on any atom is 0.127 e. The van der Waals surface area contributed by atoms with Crippen molar-refractivity contribution in [3.8, 4) is 18.2 Å². The van der Waals surface area contributed by atoms with Crippen molar-refractivity contribution in [3.05, 3.63) is 124 Å². The minimum atomic E-state index is -0.283. The molecule has 1 aromatic carbocycles. The molecule has 1 aromatic heterocycles. The molecular formula is C40H36N6. The highest BCUT2D eigenvalue weighted by Crippen LogP contribution is 2.54. The smallest absolute Gasteiger partial charge is 0.127 e. The highest BCUT2D eigenvalue weighted by atomic mass is 15.4. The van der Waals surface area contributed by atoms with Crippen LogP contribution in [0.25, 0.3) is 17.7 Å². The first-order chi connectivity index (χ1) is 22.5. The Kier molecular flexibility index (Phi) is 6.56. The van der Waals surface area contributed by atoms with Gasteiger partial charge in [-0.2, -0.15) is 15.8 Å². The summed E-state index contributed by atoms with van der Waals surface area (Å²) in [6.45, 7) is 2.35. The van der Waals surface area contributed by atoms with Crippen molar-refractivity contribution < 1.29 is 0 Å². The monoisotopic (exact) mass is 600 g/mol. The van der Waals surface area contributed by atoms with Crippen LogP contribution in [0.1, 0.15) is 72.4 Å². The summed E-state index contributed by atoms with van der Waals surface area (Å²) in [6, 6.07) is 15.3. The number of rotatable bonds is 3. The van der Waals surface area contributed by atoms with Gasteiger partial charge in [0.15, 0.2) is 0 Å². The first-order valence-corrected chi connectivity index (χ1v) is 16.4. The van der Waals surface area contributed by atoms with Gasteiger partial charge in [0.2, 0.25) is 0 Å². The zero-order chi connectivity index (χ0) is 31.6. The molecule has 226 valence electrons. The van der Waals surface area contributed by atoms with E-state index < -0.39 is 0 Å². The molecule has 46 heavy (non-hydrogen) atoms. The second kappa shape index (κ2) is 10.7. The van der Waals surface area contributed by atoms with Crippen LogP contribution < -0.4 is 0 Å². The van der Waals surface area contributed by atoms with Gasteiger partial charge in [0.25, 0.3) is 0 Å². The average Bonchev–Trinajstić information content (AvgIpc) is 3.56. The normalized spacial score (nSPS) is 28.8. The van der Waals surface area contributed by atoms with E-state index in [1.54, 1.807) is 0 Å². The fourth-order valence-electron chi connectivity index (χ4n) is 8.79. The van der Waals surface area contributed by atoms with E-state index in [2.05, 4.69) is 113 Å². The van der Waals surface area contributed by atoms with E-state index in [0.717, 1.165) is 55.5 Å². The number of allylic oxidation sites excluding steroid dienone is 7. The van der Waals surface area contributed by atoms with Crippen LogP contribution in [0, 0.1) is 51.7 Å². The molecular weight excluding hydrogens is 564 g/mol. The molecule has 0 saturated heterocycles. The van der Waals surface area contributed by atoms with E-state index in [1.165, 1.54) is 33.8 Å². The SMILES string of the molecule is CN1C(N2C3=C(CC(C#N)C=C3)C3CCC=CC32C)=CC(c2ccccc2C#N)=CC1n1c2c(c3c1C=CC(C#N)C3)CCC=C2. The quantitative estimate of drug-likeness (QED) is 0.336. The van der Waals surface area contributed by atoms with Crippen molar-refractivity contribution in [2.24, 2.45) is 17.8 Å². The molecule has 0 fully saturated rings. The molecule has 5 unspecified atom stereocenters. The predicted octanol–water partition coefficient (Wildman–Crippen LogP) is 7.79. The summed E-state index contributed by atoms with van der Waals surface area (Å²) in [7, 11) is 2.18. The molecule has 8 rings (SSSR count). The second-order valence-electron chi connectivity index (χ2n) is 13.4. The maximum atomic E-state index is 10.2. The number of hydrogen-bond acceptors (Lipinski definition) is 5. The number of hydrogen-bond donors (Lipinski definition) is 0. The highest BCUT2D eigenvalue weighted by Gasteiger charge is 2.52. The Morgan fingerprint density at radius 1 is 0.891 bits per heavy atom. The number of nitriles is 3. The predicted molar refractivity (Wildman–Crippen MR) is 180 cm³/mol. The lowest BCUT2D eigenvalue weighted by molar-refractivity contribution is 0.131. The molecule has 0 saturated carbocycles. The number of benzene rings is 1. The van der Waals surface area contributed by atoms with Crippen LogP contribution in [-0.4, -0.2) is 27.0 Å². The third-order valence-corrected chi connectivity index (χ3v) is 11.0. The molecule has 2 aliphatic heterocycles. The van der Waals surface area contributed by atoms with E-state index in [4.69, 9.17) is 0 Å². The van der Waals surface area contributed by atoms with Crippen LogP contribution in [-0.2, 0) is 12.8 Å². The highest BCUT2D eigenvalue weighted by molar-refractivity contribution is 5.80. The first-order valence-electron chi connectivity index (χ1n) is 16.4. The number of fused-ring (bicyclic) bond motifs is 5. The molecule has 4 aliphatic carbocycles. The molecule has 6 nitrogen and oxygen atoms in total. The third-order valence-electron chi connectivity index (χ3n) is 11.0. The Balaban J connectivity index is 1.35. The Labute approximate surface area is 271 Å². The zero-order valence-electron chi connectivity index (χ0n) is 26.3. The molecule has 0 amide bonds. The minimum absolute atomic E-state index is 0.105. The maximum absolute atomic E-state index is 10.2. The zero-order valence-corrected chi connectivity index (χ0v) is 26.3. The summed E-state index contributed by atoms with van der Waals surface area (Å²) in [5.41, 5.74) is 9.90. The topological polar surface area (TPSA) is 82.8 Å². The molecule has 0 radical (unpaired) electrons. The molecule has 5 atom stereocenters. The lowest BCUT2D eigenvalue weighted by atomic mass is 9.74. The Morgan fingerprint density at radius 3 is 2.50 bits per heavy atom. The van der Waals surface area contributed by atoms with E-state index in [-0.39, 0.29) is 23.5 Å². The lowest BCUT2D eigenvalue weighted by Crippen LogP contribution is -2.49. The fraction of sp³-hybridized carbons (Fsp3) is 0.325. The van der Waals surface area contributed by atoms with Crippen LogP contribution in [0.4, 0.5) is 0 Å². The van der Waals surface area contributed by atoms with Gasteiger partial charge in [-0.25, -0.2) is 0 Å². The van der Waals surface area contributed by atoms with Crippen molar-refractivity contribution in [2.45, 2.75) is 57.2 Å². The first kappa shape index (κ1) is 28.2. The molecule has 6 aliphatic rings. The van der Waals surface area contributed by atoms with Gasteiger partial charge in [0.05, 0.1) is 41.1 Å². The molecule has 0 N–H and O–H groups in total. The lowest BCUT2D eigenvalue weighted by Gasteiger charge is -2.48. The Bertz CT molecular complexity index is 2010. The number of nitrogens with zero attached hydrogens (tertiary/aromatic N) is 6. The largest absolute Gasteiger partial charge is 0.337 e. The van der Waals surface area contributed by atoms with Gasteiger partial charge in [-0.15, -0.1) is 0 Å². The van der Waals surface area contributed by atoms with Crippen LogP contribution in [0.2, 0.25) is 0 Å². The summed E-state index contributed by atoms with van der Waals surface area (Å²) in [5.74, 6) is 1.17. The molecule has 2 aromatic rings. The summed E-state index contributed by atoms with van der Waals surface area (Å²) >= 11 is 0. The summed E-state index contributed by atoms with van der Waals surface area (Å²) in [5, 5.41) is 29.9. The number of aromatic nitrogens is 1. The van der Waals surface area contributed by atoms with Crippen molar-refractivity contribution in [3.63, 3.8) is 0 Å². The molecule has 0 spiro atoms. The van der Waals surface area contributed by atoms with Crippen LogP contribution in [0.3, 0.4) is 0 Å². The van der Waals surface area contributed by atoms with Gasteiger partial charge in [0, 0.05) is 30.1 Å². The van der Waals surface area contributed by atoms with Crippen LogP contribution in [0.5, 0.6) is 0 Å². The van der Waals surface area contributed by atoms with Crippen LogP contribution >= 0.6 is 0 Å². The molecule has 3 heterocycles. The van der Waals surface area contributed by atoms with Gasteiger partial charge in [-0.3, -0.25) is 0 Å². The van der Waals surface area contributed by atoms with Gasteiger partial charge in [-0.05, 0) is 110 Å². The standard InChI is InChI=1S/C40H36N6/c1-40-18-8-7-12-34(40)33-20-27(24-42)15-17-37(33)46(40)39-22-29(30-10-4-3-9-28(30)25-43)21-38(44(39)2)45-35-13-6-5-11-31(35)32-19-26(23-41)14-16-36(32)45/h3-4,6,8-10,13-18,21-22,26-27,34,38H,5,7,11-12,19-20H2,1-2H3. The van der Waals surface area contributed by atoms with Crippen molar-refractivity contribution >= 4 is 17.7 Å². The summed E-state index contributed by atoms with van der Waals surface area (Å²) in [6.07, 6.45) is 27.6. The Morgan fingerprint density at radius 2 is 1.67 bits per heavy atom. The van der Waals surface area contributed by atoms with Gasteiger partial charge in [0.1, 0.15) is 12.0 Å². The third kappa shape index (κ3) is 4.05. The minimum Gasteiger partial charge on any atom is -0.337 e.